The molecule has 0 aliphatic rings. The third-order valence-electron chi connectivity index (χ3n) is 7.28. The van der Waals surface area contributed by atoms with Gasteiger partial charge in [-0.1, -0.05) is 48.5 Å². The Morgan fingerprint density at radius 1 is 0.548 bits per heavy atom. The summed E-state index contributed by atoms with van der Waals surface area (Å²) in [4.78, 5) is 29.1. The molecule has 0 spiro atoms. The number of rotatable bonds is 11. The van der Waals surface area contributed by atoms with Crippen molar-refractivity contribution in [3.63, 3.8) is 0 Å². The van der Waals surface area contributed by atoms with Crippen molar-refractivity contribution in [2.75, 3.05) is 26.2 Å². The van der Waals surface area contributed by atoms with Gasteiger partial charge >= 0.3 is 0 Å². The van der Waals surface area contributed by atoms with Gasteiger partial charge in [0.2, 0.25) is 0 Å². The summed E-state index contributed by atoms with van der Waals surface area (Å²) >= 11 is 0. The Bertz CT molecular complexity index is 1320. The first kappa shape index (κ1) is 34.8. The summed E-state index contributed by atoms with van der Waals surface area (Å²) in [7, 11) is 0. The molecule has 2 heterocycles. The van der Waals surface area contributed by atoms with Gasteiger partial charge in [0.25, 0.3) is 11.8 Å². The van der Waals surface area contributed by atoms with E-state index in [1.807, 2.05) is 86.5 Å². The normalized spacial score (nSPS) is 10.3. The average molecular weight is 697 g/mol. The standard InChI is InChI=1S/C34H40N4O2.2BrH/c1-5-37(6-2)33(39)31-11-9-21-35(25-31)23-27-13-17-29(18-14-27)30-19-15-28(16-20-30)24-36-22-10-12-32(26-36)34(40)38(7-3)8-4;;/h9-22,25-26H,5-8,23-24H2,1-4H3;2*1H/q+2;;/p-2. The van der Waals surface area contributed by atoms with Gasteiger partial charge in [0.15, 0.2) is 37.9 Å². The zero-order valence-corrected chi connectivity index (χ0v) is 28.0. The number of aromatic nitrogens is 2. The zero-order chi connectivity index (χ0) is 28.5. The minimum atomic E-state index is 0. The van der Waals surface area contributed by atoms with Crippen molar-refractivity contribution in [1.29, 1.82) is 0 Å². The summed E-state index contributed by atoms with van der Waals surface area (Å²) in [6.07, 6.45) is 7.86. The zero-order valence-electron chi connectivity index (χ0n) is 24.8. The number of hydrogen-bond acceptors (Lipinski definition) is 2. The molecule has 6 nitrogen and oxygen atoms in total. The molecule has 0 atom stereocenters. The predicted octanol–water partition coefficient (Wildman–Crippen LogP) is -1.00. The lowest BCUT2D eigenvalue weighted by molar-refractivity contribution is -0.688. The summed E-state index contributed by atoms with van der Waals surface area (Å²) in [6, 6.07) is 24.8. The van der Waals surface area contributed by atoms with E-state index in [2.05, 4.69) is 57.7 Å². The fourth-order valence-electron chi connectivity index (χ4n) is 4.91. The van der Waals surface area contributed by atoms with Gasteiger partial charge in [-0.05, 0) is 51.0 Å². The fourth-order valence-corrected chi connectivity index (χ4v) is 4.91. The molecule has 0 saturated heterocycles. The number of carbonyl (C=O) groups excluding carboxylic acids is 2. The largest absolute Gasteiger partial charge is 1.00 e. The van der Waals surface area contributed by atoms with Crippen LogP contribution in [-0.2, 0) is 13.1 Å². The SMILES string of the molecule is CCN(CC)C(=O)c1ccc[n+](Cc2ccc(-c3ccc(C[n+]4cccc(C(=O)N(CC)CC)c4)cc3)cc2)c1.[Br-].[Br-]. The lowest BCUT2D eigenvalue weighted by atomic mass is 10.0. The summed E-state index contributed by atoms with van der Waals surface area (Å²) in [5.74, 6) is 0.134. The third-order valence-corrected chi connectivity index (χ3v) is 7.28. The van der Waals surface area contributed by atoms with Gasteiger partial charge in [0, 0.05) is 49.4 Å². The van der Waals surface area contributed by atoms with E-state index in [0.717, 1.165) is 11.1 Å². The van der Waals surface area contributed by atoms with E-state index in [0.29, 0.717) is 50.4 Å². The third kappa shape index (κ3) is 8.82. The Labute approximate surface area is 271 Å². The Morgan fingerprint density at radius 3 is 1.19 bits per heavy atom. The second kappa shape index (κ2) is 16.9. The second-order valence-corrected chi connectivity index (χ2v) is 9.88. The molecule has 0 radical (unpaired) electrons. The smallest absolute Gasteiger partial charge is 0.259 e. The fraction of sp³-hybridized carbons (Fsp3) is 0.294. The molecule has 222 valence electrons. The lowest BCUT2D eigenvalue weighted by Gasteiger charge is -2.17. The van der Waals surface area contributed by atoms with Crippen molar-refractivity contribution < 1.29 is 52.7 Å². The Hall–Kier alpha value is -3.36. The quantitative estimate of drug-likeness (QED) is 0.189. The average Bonchev–Trinajstić information content (AvgIpc) is 2.99. The molecule has 2 aromatic carbocycles. The number of nitrogens with zero attached hydrogens (tertiary/aromatic N) is 4. The van der Waals surface area contributed by atoms with Crippen LogP contribution in [0.2, 0.25) is 0 Å². The molecule has 8 heteroatoms. The summed E-state index contributed by atoms with van der Waals surface area (Å²) < 4.78 is 4.12. The lowest BCUT2D eigenvalue weighted by Crippen LogP contribution is -3.00. The van der Waals surface area contributed by atoms with E-state index in [4.69, 9.17) is 0 Å². The summed E-state index contributed by atoms with van der Waals surface area (Å²) in [5.41, 5.74) is 6.09. The van der Waals surface area contributed by atoms with Crippen molar-refractivity contribution >= 4 is 11.8 Å². The molecule has 0 unspecified atom stereocenters. The van der Waals surface area contributed by atoms with Gasteiger partial charge < -0.3 is 43.8 Å². The van der Waals surface area contributed by atoms with Gasteiger partial charge in [0.1, 0.15) is 11.1 Å². The molecule has 42 heavy (non-hydrogen) atoms. The minimum Gasteiger partial charge on any atom is -1.00 e. The monoisotopic (exact) mass is 694 g/mol. The maximum absolute atomic E-state index is 12.7. The van der Waals surface area contributed by atoms with Gasteiger partial charge in [0.05, 0.1) is 0 Å². The van der Waals surface area contributed by atoms with Crippen LogP contribution in [0.15, 0.2) is 97.6 Å². The van der Waals surface area contributed by atoms with Crippen molar-refractivity contribution in [1.82, 2.24) is 9.80 Å². The number of benzene rings is 2. The highest BCUT2D eigenvalue weighted by molar-refractivity contribution is 5.94. The second-order valence-electron chi connectivity index (χ2n) is 9.88. The van der Waals surface area contributed by atoms with Crippen molar-refractivity contribution in [3.8, 4) is 11.1 Å². The maximum atomic E-state index is 12.7. The highest BCUT2D eigenvalue weighted by Crippen LogP contribution is 2.20. The predicted molar refractivity (Wildman–Crippen MR) is 158 cm³/mol. The minimum absolute atomic E-state index is 0. The molecule has 0 N–H and O–H groups in total. The van der Waals surface area contributed by atoms with Crippen LogP contribution in [0.5, 0.6) is 0 Å². The number of pyridine rings is 2. The topological polar surface area (TPSA) is 48.4 Å². The first-order valence-electron chi connectivity index (χ1n) is 14.2. The summed E-state index contributed by atoms with van der Waals surface area (Å²) in [6.45, 7) is 12.2. The van der Waals surface area contributed by atoms with E-state index < -0.39 is 0 Å². The van der Waals surface area contributed by atoms with Crippen molar-refractivity contribution in [2.24, 2.45) is 0 Å². The highest BCUT2D eigenvalue weighted by atomic mass is 79.9. The Balaban J connectivity index is 0.00000308. The number of halogens is 2. The number of hydrogen-bond donors (Lipinski definition) is 0. The summed E-state index contributed by atoms with van der Waals surface area (Å²) in [5, 5.41) is 0. The molecule has 0 fully saturated rings. The molecule has 0 aliphatic heterocycles. The molecule has 4 rings (SSSR count). The van der Waals surface area contributed by atoms with Crippen molar-refractivity contribution in [3.05, 3.63) is 120 Å². The van der Waals surface area contributed by atoms with E-state index in [1.54, 1.807) is 0 Å². The van der Waals surface area contributed by atoms with E-state index in [-0.39, 0.29) is 45.8 Å². The van der Waals surface area contributed by atoms with Crippen LogP contribution in [0.1, 0.15) is 59.5 Å². The van der Waals surface area contributed by atoms with Gasteiger partial charge in [-0.15, -0.1) is 0 Å². The molecule has 2 aromatic heterocycles. The van der Waals surface area contributed by atoms with Gasteiger partial charge in [-0.25, -0.2) is 0 Å². The highest BCUT2D eigenvalue weighted by Gasteiger charge is 2.17. The van der Waals surface area contributed by atoms with Crippen molar-refractivity contribution in [2.45, 2.75) is 40.8 Å². The van der Waals surface area contributed by atoms with Crippen LogP contribution in [0.25, 0.3) is 11.1 Å². The number of carbonyl (C=O) groups is 2. The van der Waals surface area contributed by atoms with Crippen LogP contribution < -0.4 is 43.1 Å². The van der Waals surface area contributed by atoms with E-state index >= 15 is 0 Å². The van der Waals surface area contributed by atoms with E-state index in [1.165, 1.54) is 11.1 Å². The molecular weight excluding hydrogens is 656 g/mol. The van der Waals surface area contributed by atoms with Crippen LogP contribution in [0, 0.1) is 0 Å². The first-order chi connectivity index (χ1) is 19.4. The molecule has 0 bridgehead atoms. The van der Waals surface area contributed by atoms with Gasteiger partial charge in [-0.3, -0.25) is 9.59 Å². The Kier molecular flexibility index (Phi) is 14.0. The maximum Gasteiger partial charge on any atom is 0.259 e. The molecular formula is C34H40Br2N4O2. The first-order valence-corrected chi connectivity index (χ1v) is 14.2. The molecule has 2 amide bonds. The van der Waals surface area contributed by atoms with Crippen LogP contribution in [0.3, 0.4) is 0 Å². The molecule has 0 aliphatic carbocycles. The van der Waals surface area contributed by atoms with Crippen LogP contribution in [0.4, 0.5) is 0 Å². The van der Waals surface area contributed by atoms with E-state index in [9.17, 15) is 9.59 Å². The molecule has 0 saturated carbocycles. The van der Waals surface area contributed by atoms with Gasteiger partial charge in [-0.2, -0.15) is 9.13 Å². The van der Waals surface area contributed by atoms with Crippen LogP contribution >= 0.6 is 0 Å². The van der Waals surface area contributed by atoms with Crippen LogP contribution in [-0.4, -0.2) is 47.8 Å². The molecule has 4 aromatic rings. The number of amides is 2. The Morgan fingerprint density at radius 2 is 0.881 bits per heavy atom.